The fourth-order valence-electron chi connectivity index (χ4n) is 5.25. The number of hydrogen-bond acceptors (Lipinski definition) is 4. The molecule has 3 saturated heterocycles. The molecule has 0 unspecified atom stereocenters. The van der Waals surface area contributed by atoms with Gasteiger partial charge in [-0.1, -0.05) is 29.8 Å². The van der Waals surface area contributed by atoms with E-state index in [0.717, 1.165) is 43.1 Å². The third kappa shape index (κ3) is 2.98. The number of furan rings is 1. The number of likely N-dealkylation sites (tertiary alicyclic amines) is 1. The first-order valence-electron chi connectivity index (χ1n) is 9.59. The lowest BCUT2D eigenvalue weighted by molar-refractivity contribution is 0.00212. The second kappa shape index (κ2) is 6.66. The van der Waals surface area contributed by atoms with Crippen molar-refractivity contribution in [3.63, 3.8) is 0 Å². The van der Waals surface area contributed by atoms with Crippen molar-refractivity contribution in [3.8, 4) is 0 Å². The van der Waals surface area contributed by atoms with Gasteiger partial charge in [-0.3, -0.25) is 9.69 Å². The molecule has 1 N–H and O–H groups in total. The summed E-state index contributed by atoms with van der Waals surface area (Å²) in [4.78, 5) is 14.7. The van der Waals surface area contributed by atoms with Gasteiger partial charge in [0, 0.05) is 43.0 Å². The average molecular weight is 387 g/mol. The van der Waals surface area contributed by atoms with E-state index in [1.54, 1.807) is 6.07 Å². The molecule has 4 heterocycles. The Morgan fingerprint density at radius 2 is 2.22 bits per heavy atom. The monoisotopic (exact) mass is 386 g/mol. The van der Waals surface area contributed by atoms with E-state index in [1.807, 2.05) is 18.2 Å². The number of amides is 1. The molecule has 0 radical (unpaired) electrons. The van der Waals surface area contributed by atoms with Gasteiger partial charge in [-0.2, -0.15) is 0 Å². The van der Waals surface area contributed by atoms with Crippen LogP contribution in [0.2, 0.25) is 5.02 Å². The second-order valence-electron chi connectivity index (χ2n) is 8.01. The van der Waals surface area contributed by atoms with Crippen LogP contribution in [0, 0.1) is 11.8 Å². The molecule has 0 saturated carbocycles. The molecule has 4 atom stereocenters. The molecule has 3 aliphatic heterocycles. The Hall–Kier alpha value is -1.82. The van der Waals surface area contributed by atoms with Crippen molar-refractivity contribution in [1.82, 2.24) is 10.2 Å². The molecule has 3 fully saturated rings. The highest BCUT2D eigenvalue weighted by molar-refractivity contribution is 6.31. The number of fused-ring (bicyclic) bond motifs is 1. The number of nitrogens with one attached hydrogen (secondary N) is 1. The van der Waals surface area contributed by atoms with E-state index in [4.69, 9.17) is 20.8 Å². The number of ether oxygens (including phenoxy) is 1. The summed E-state index contributed by atoms with van der Waals surface area (Å²) in [6.45, 7) is 3.45. The van der Waals surface area contributed by atoms with Crippen LogP contribution in [0.25, 0.3) is 0 Å². The van der Waals surface area contributed by atoms with E-state index in [1.165, 1.54) is 12.5 Å². The highest BCUT2D eigenvalue weighted by Crippen LogP contribution is 2.54. The van der Waals surface area contributed by atoms with Gasteiger partial charge in [-0.25, -0.2) is 0 Å². The fourth-order valence-corrected chi connectivity index (χ4v) is 5.45. The first-order valence-corrected chi connectivity index (χ1v) is 9.96. The third-order valence-corrected chi connectivity index (χ3v) is 6.86. The molecule has 5 rings (SSSR count). The lowest BCUT2D eigenvalue weighted by atomic mass is 9.73. The van der Waals surface area contributed by atoms with E-state index in [-0.39, 0.29) is 17.6 Å². The van der Waals surface area contributed by atoms with Gasteiger partial charge in [0.2, 0.25) is 0 Å². The molecule has 2 bridgehead atoms. The van der Waals surface area contributed by atoms with Crippen molar-refractivity contribution in [2.24, 2.45) is 11.8 Å². The van der Waals surface area contributed by atoms with Gasteiger partial charge in [0.15, 0.2) is 0 Å². The highest BCUT2D eigenvalue weighted by Gasteiger charge is 2.62. The average Bonchev–Trinajstić information content (AvgIpc) is 3.42. The molecular formula is C21H23ClN2O3. The Kier molecular flexibility index (Phi) is 4.26. The van der Waals surface area contributed by atoms with Gasteiger partial charge in [0.25, 0.3) is 5.91 Å². The molecule has 1 spiro atoms. The van der Waals surface area contributed by atoms with Crippen molar-refractivity contribution in [2.45, 2.75) is 31.1 Å². The molecule has 1 amide bonds. The van der Waals surface area contributed by atoms with Crippen molar-refractivity contribution < 1.29 is 13.9 Å². The summed E-state index contributed by atoms with van der Waals surface area (Å²) in [6, 6.07) is 9.73. The summed E-state index contributed by atoms with van der Waals surface area (Å²) in [6.07, 6.45) is 5.47. The quantitative estimate of drug-likeness (QED) is 0.856. The molecule has 3 aliphatic rings. The zero-order chi connectivity index (χ0) is 18.4. The third-order valence-electron chi connectivity index (χ3n) is 6.49. The van der Waals surface area contributed by atoms with Crippen LogP contribution < -0.4 is 5.32 Å². The second-order valence-corrected chi connectivity index (χ2v) is 8.42. The van der Waals surface area contributed by atoms with Gasteiger partial charge in [0.05, 0.1) is 23.5 Å². The topological polar surface area (TPSA) is 54.7 Å². The van der Waals surface area contributed by atoms with Crippen LogP contribution in [-0.4, -0.2) is 42.1 Å². The van der Waals surface area contributed by atoms with Crippen molar-refractivity contribution in [2.75, 3.05) is 19.6 Å². The molecule has 1 aromatic heterocycles. The van der Waals surface area contributed by atoms with Gasteiger partial charge >= 0.3 is 0 Å². The summed E-state index contributed by atoms with van der Waals surface area (Å²) in [5.41, 5.74) is 1.69. The number of rotatable bonds is 5. The molecule has 6 heteroatoms. The predicted octanol–water partition coefficient (Wildman–Crippen LogP) is 3.34. The van der Waals surface area contributed by atoms with Crippen LogP contribution in [0.1, 0.15) is 28.8 Å². The van der Waals surface area contributed by atoms with Crippen LogP contribution in [-0.2, 0) is 11.3 Å². The molecule has 5 nitrogen and oxygen atoms in total. The maximum absolute atomic E-state index is 12.3. The predicted molar refractivity (Wildman–Crippen MR) is 102 cm³/mol. The normalized spacial score (nSPS) is 32.0. The summed E-state index contributed by atoms with van der Waals surface area (Å²) in [5.74, 6) is 0.751. The Balaban J connectivity index is 1.26. The maximum atomic E-state index is 12.3. The number of nitrogens with zero attached hydrogens (tertiary/aromatic N) is 1. The van der Waals surface area contributed by atoms with Crippen LogP contribution in [0.4, 0.5) is 0 Å². The summed E-state index contributed by atoms with van der Waals surface area (Å²) >= 11 is 6.35. The van der Waals surface area contributed by atoms with Crippen molar-refractivity contribution >= 4 is 17.5 Å². The highest BCUT2D eigenvalue weighted by atomic mass is 35.5. The largest absolute Gasteiger partial charge is 0.472 e. The molecule has 0 aliphatic carbocycles. The molecule has 2 aromatic rings. The number of halogens is 1. The first-order chi connectivity index (χ1) is 13.1. The number of carbonyl (C=O) groups is 1. The molecular weight excluding hydrogens is 364 g/mol. The minimum absolute atomic E-state index is 0.0447. The van der Waals surface area contributed by atoms with E-state index in [9.17, 15) is 4.79 Å². The van der Waals surface area contributed by atoms with E-state index >= 15 is 0 Å². The summed E-state index contributed by atoms with van der Waals surface area (Å²) in [7, 11) is 0. The minimum atomic E-state index is -0.0773. The Labute approximate surface area is 163 Å². The van der Waals surface area contributed by atoms with Crippen LogP contribution in [0.15, 0.2) is 47.3 Å². The lowest BCUT2D eigenvalue weighted by Crippen LogP contribution is -2.41. The van der Waals surface area contributed by atoms with E-state index < -0.39 is 0 Å². The zero-order valence-corrected chi connectivity index (χ0v) is 15.8. The van der Waals surface area contributed by atoms with E-state index in [2.05, 4.69) is 16.3 Å². The van der Waals surface area contributed by atoms with Crippen molar-refractivity contribution in [3.05, 3.63) is 59.0 Å². The van der Waals surface area contributed by atoms with Crippen LogP contribution in [0.3, 0.4) is 0 Å². The smallest absolute Gasteiger partial charge is 0.254 e. The number of carbonyl (C=O) groups excluding carboxylic acids is 1. The number of benzene rings is 1. The lowest BCUT2D eigenvalue weighted by Gasteiger charge is -2.29. The van der Waals surface area contributed by atoms with Crippen LogP contribution in [0.5, 0.6) is 0 Å². The van der Waals surface area contributed by atoms with Gasteiger partial charge in [-0.05, 0) is 30.5 Å². The Morgan fingerprint density at radius 3 is 3.04 bits per heavy atom. The van der Waals surface area contributed by atoms with Gasteiger partial charge < -0.3 is 14.5 Å². The summed E-state index contributed by atoms with van der Waals surface area (Å²) in [5, 5.41) is 3.90. The van der Waals surface area contributed by atoms with E-state index in [0.29, 0.717) is 23.9 Å². The number of hydrogen-bond donors (Lipinski definition) is 1. The van der Waals surface area contributed by atoms with Gasteiger partial charge in [-0.15, -0.1) is 0 Å². The standard InChI is InChI=1S/C21H23ClN2O3/c22-18-4-2-1-3-14(18)10-24-11-17-16(19-5-7-21(17,13-24)27-19)9-23-20(25)15-6-8-26-12-15/h1-4,6,8,12,16-17,19H,5,7,9-11,13H2,(H,23,25)/t16-,17+,19+,21+/m0/s1. The van der Waals surface area contributed by atoms with Crippen molar-refractivity contribution in [1.29, 1.82) is 0 Å². The fraction of sp³-hybridized carbons (Fsp3) is 0.476. The Morgan fingerprint density at radius 1 is 1.33 bits per heavy atom. The Bertz CT molecular complexity index is 840. The van der Waals surface area contributed by atoms with Gasteiger partial charge in [0.1, 0.15) is 6.26 Å². The maximum Gasteiger partial charge on any atom is 0.254 e. The SMILES string of the molecule is O=C(NC[C@H]1[C@H]2CN(Cc3ccccc3Cl)C[C@]23CC[C@H]1O3)c1ccoc1. The summed E-state index contributed by atoms with van der Waals surface area (Å²) < 4.78 is 11.5. The molecule has 27 heavy (non-hydrogen) atoms. The minimum Gasteiger partial charge on any atom is -0.472 e. The zero-order valence-electron chi connectivity index (χ0n) is 15.1. The molecule has 142 valence electrons. The van der Waals surface area contributed by atoms with Crippen LogP contribution >= 0.6 is 11.6 Å². The molecule has 1 aromatic carbocycles. The first kappa shape index (κ1) is 17.3.